The van der Waals surface area contributed by atoms with E-state index >= 15 is 0 Å². The van der Waals surface area contributed by atoms with Crippen LogP contribution in [-0.2, 0) is 4.79 Å². The van der Waals surface area contributed by atoms with Crippen LogP contribution in [0.4, 0.5) is 4.39 Å². The molecule has 0 radical (unpaired) electrons. The molecular formula is C11H13ClFNO. The molecule has 0 spiro atoms. The van der Waals surface area contributed by atoms with Crippen molar-refractivity contribution < 1.29 is 9.18 Å². The average Bonchev–Trinajstić information content (AvgIpc) is 2.18. The van der Waals surface area contributed by atoms with E-state index < -0.39 is 5.38 Å². The topological polar surface area (TPSA) is 29.1 Å². The van der Waals surface area contributed by atoms with Crippen molar-refractivity contribution in [1.29, 1.82) is 0 Å². The Balaban J connectivity index is 2.73. The van der Waals surface area contributed by atoms with Crippen LogP contribution >= 0.6 is 11.6 Å². The van der Waals surface area contributed by atoms with Crippen LogP contribution in [0, 0.1) is 5.82 Å². The highest BCUT2D eigenvalue weighted by atomic mass is 35.5. The summed E-state index contributed by atoms with van der Waals surface area (Å²) in [6.07, 6.45) is 0. The second kappa shape index (κ2) is 5.12. The van der Waals surface area contributed by atoms with E-state index in [4.69, 9.17) is 11.6 Å². The molecule has 1 unspecified atom stereocenters. The highest BCUT2D eigenvalue weighted by molar-refractivity contribution is 6.30. The van der Waals surface area contributed by atoms with Gasteiger partial charge in [-0.1, -0.05) is 18.2 Å². The lowest BCUT2D eigenvalue weighted by Crippen LogP contribution is -2.32. The third kappa shape index (κ3) is 3.20. The van der Waals surface area contributed by atoms with E-state index in [1.165, 1.54) is 6.07 Å². The molecule has 1 aromatic carbocycles. The molecule has 2 atom stereocenters. The Hall–Kier alpha value is -1.09. The molecule has 0 saturated heterocycles. The second-order valence-corrected chi connectivity index (χ2v) is 4.02. The summed E-state index contributed by atoms with van der Waals surface area (Å²) in [5, 5.41) is 2.01. The Kier molecular flexibility index (Phi) is 4.09. The molecule has 1 aromatic rings. The third-order valence-corrected chi connectivity index (χ3v) is 2.29. The number of amides is 1. The minimum Gasteiger partial charge on any atom is -0.348 e. The van der Waals surface area contributed by atoms with E-state index in [0.29, 0.717) is 5.56 Å². The first-order chi connectivity index (χ1) is 7.02. The van der Waals surface area contributed by atoms with Gasteiger partial charge in [0.1, 0.15) is 11.2 Å². The van der Waals surface area contributed by atoms with Crippen LogP contribution in [0.3, 0.4) is 0 Å². The molecule has 0 aliphatic carbocycles. The summed E-state index contributed by atoms with van der Waals surface area (Å²) in [7, 11) is 0. The Labute approximate surface area is 93.4 Å². The molecule has 15 heavy (non-hydrogen) atoms. The first kappa shape index (κ1) is 12.0. The maximum atomic E-state index is 13.3. The van der Waals surface area contributed by atoms with Crippen molar-refractivity contribution in [3.8, 4) is 0 Å². The van der Waals surface area contributed by atoms with Crippen LogP contribution in [0.25, 0.3) is 0 Å². The van der Waals surface area contributed by atoms with E-state index in [-0.39, 0.29) is 17.8 Å². The Bertz CT molecular complexity index is 354. The Morgan fingerprint density at radius 2 is 2.00 bits per heavy atom. The fourth-order valence-electron chi connectivity index (χ4n) is 1.23. The van der Waals surface area contributed by atoms with Crippen molar-refractivity contribution >= 4 is 17.5 Å². The molecule has 0 fully saturated rings. The van der Waals surface area contributed by atoms with Gasteiger partial charge in [0.25, 0.3) is 0 Å². The number of alkyl halides is 1. The summed E-state index contributed by atoms with van der Waals surface area (Å²) in [5.74, 6) is -0.625. The standard InChI is InChI=1S/C11H13ClFNO/c1-7(12)11(15)14-8(2)9-5-3-4-6-10(9)13/h3-8H,1-2H3,(H,14,15)/t7?,8-/m1/s1. The van der Waals surface area contributed by atoms with Crippen molar-refractivity contribution in [2.24, 2.45) is 0 Å². The van der Waals surface area contributed by atoms with Crippen molar-refractivity contribution in [3.05, 3.63) is 35.6 Å². The molecule has 0 aromatic heterocycles. The van der Waals surface area contributed by atoms with Gasteiger partial charge in [-0.3, -0.25) is 4.79 Å². The van der Waals surface area contributed by atoms with Gasteiger partial charge in [0, 0.05) is 5.56 Å². The summed E-state index contributed by atoms with van der Waals surface area (Å²) >= 11 is 5.59. The van der Waals surface area contributed by atoms with Crippen molar-refractivity contribution in [3.63, 3.8) is 0 Å². The van der Waals surface area contributed by atoms with Crippen LogP contribution < -0.4 is 5.32 Å². The first-order valence-electron chi connectivity index (χ1n) is 4.71. The normalized spacial score (nSPS) is 14.4. The summed E-state index contributed by atoms with van der Waals surface area (Å²) in [6, 6.07) is 5.96. The molecule has 1 N–H and O–H groups in total. The number of hydrogen-bond acceptors (Lipinski definition) is 1. The van der Waals surface area contributed by atoms with Gasteiger partial charge in [0.2, 0.25) is 5.91 Å². The SMILES string of the molecule is CC(Cl)C(=O)N[C@H](C)c1ccccc1F. The molecule has 0 bridgehead atoms. The third-order valence-electron chi connectivity index (χ3n) is 2.09. The number of nitrogens with one attached hydrogen (secondary N) is 1. The van der Waals surface area contributed by atoms with Gasteiger partial charge in [-0.2, -0.15) is 0 Å². The van der Waals surface area contributed by atoms with Crippen LogP contribution in [0.5, 0.6) is 0 Å². The first-order valence-corrected chi connectivity index (χ1v) is 5.15. The molecule has 1 amide bonds. The minimum absolute atomic E-state index is 0.299. The van der Waals surface area contributed by atoms with Crippen molar-refractivity contribution in [1.82, 2.24) is 5.32 Å². The molecule has 0 heterocycles. The van der Waals surface area contributed by atoms with Gasteiger partial charge < -0.3 is 5.32 Å². The van der Waals surface area contributed by atoms with Gasteiger partial charge in [-0.25, -0.2) is 4.39 Å². The molecule has 2 nitrogen and oxygen atoms in total. The van der Waals surface area contributed by atoms with Crippen molar-refractivity contribution in [2.45, 2.75) is 25.3 Å². The summed E-state index contributed by atoms with van der Waals surface area (Å²) < 4.78 is 13.3. The van der Waals surface area contributed by atoms with E-state index in [1.807, 2.05) is 0 Å². The fourth-order valence-corrected chi connectivity index (χ4v) is 1.30. The van der Waals surface area contributed by atoms with Gasteiger partial charge in [-0.05, 0) is 19.9 Å². The lowest BCUT2D eigenvalue weighted by Gasteiger charge is -2.15. The van der Waals surface area contributed by atoms with E-state index in [2.05, 4.69) is 5.32 Å². The fraction of sp³-hybridized carbons (Fsp3) is 0.364. The van der Waals surface area contributed by atoms with E-state index in [0.717, 1.165) is 0 Å². The lowest BCUT2D eigenvalue weighted by molar-refractivity contribution is -0.121. The summed E-state index contributed by atoms with van der Waals surface area (Å²) in [4.78, 5) is 11.3. The van der Waals surface area contributed by atoms with Crippen LogP contribution in [-0.4, -0.2) is 11.3 Å². The molecular weight excluding hydrogens is 217 g/mol. The molecule has 82 valence electrons. The zero-order valence-corrected chi connectivity index (χ0v) is 9.38. The quantitative estimate of drug-likeness (QED) is 0.794. The minimum atomic E-state index is -0.612. The number of rotatable bonds is 3. The molecule has 0 saturated carbocycles. The molecule has 4 heteroatoms. The second-order valence-electron chi connectivity index (χ2n) is 3.37. The van der Waals surface area contributed by atoms with Gasteiger partial charge in [0.05, 0.1) is 6.04 Å². The zero-order chi connectivity index (χ0) is 11.4. The predicted molar refractivity (Wildman–Crippen MR) is 58.3 cm³/mol. The van der Waals surface area contributed by atoms with E-state index in [9.17, 15) is 9.18 Å². The van der Waals surface area contributed by atoms with Crippen LogP contribution in [0.15, 0.2) is 24.3 Å². The van der Waals surface area contributed by atoms with Crippen LogP contribution in [0.1, 0.15) is 25.5 Å². The van der Waals surface area contributed by atoms with Gasteiger partial charge >= 0.3 is 0 Å². The summed E-state index contributed by atoms with van der Waals surface area (Å²) in [5.41, 5.74) is 0.461. The Morgan fingerprint density at radius 3 is 2.53 bits per heavy atom. The largest absolute Gasteiger partial charge is 0.348 e. The molecule has 0 aliphatic rings. The average molecular weight is 230 g/mol. The highest BCUT2D eigenvalue weighted by Crippen LogP contribution is 2.16. The zero-order valence-electron chi connectivity index (χ0n) is 8.63. The maximum Gasteiger partial charge on any atom is 0.238 e. The molecule has 1 rings (SSSR count). The monoisotopic (exact) mass is 229 g/mol. The number of carbonyl (C=O) groups is 1. The van der Waals surface area contributed by atoms with E-state index in [1.54, 1.807) is 32.0 Å². The Morgan fingerprint density at radius 1 is 1.40 bits per heavy atom. The van der Waals surface area contributed by atoms with Crippen LogP contribution in [0.2, 0.25) is 0 Å². The smallest absolute Gasteiger partial charge is 0.238 e. The van der Waals surface area contributed by atoms with Gasteiger partial charge in [0.15, 0.2) is 0 Å². The number of carbonyl (C=O) groups excluding carboxylic acids is 1. The maximum absolute atomic E-state index is 13.3. The predicted octanol–water partition coefficient (Wildman–Crippen LogP) is 2.63. The highest BCUT2D eigenvalue weighted by Gasteiger charge is 2.15. The molecule has 0 aliphatic heterocycles. The van der Waals surface area contributed by atoms with Crippen molar-refractivity contribution in [2.75, 3.05) is 0 Å². The summed E-state index contributed by atoms with van der Waals surface area (Å²) in [6.45, 7) is 3.29. The number of halogens is 2. The van der Waals surface area contributed by atoms with Gasteiger partial charge in [-0.15, -0.1) is 11.6 Å². The number of benzene rings is 1. The number of hydrogen-bond donors (Lipinski definition) is 1. The lowest BCUT2D eigenvalue weighted by atomic mass is 10.1.